The fourth-order valence-electron chi connectivity index (χ4n) is 2.30. The van der Waals surface area contributed by atoms with E-state index in [9.17, 15) is 17.9 Å². The summed E-state index contributed by atoms with van der Waals surface area (Å²) in [5.41, 5.74) is 0.662. The van der Waals surface area contributed by atoms with Crippen molar-refractivity contribution in [1.82, 2.24) is 0 Å². The van der Waals surface area contributed by atoms with Crippen LogP contribution in [0.3, 0.4) is 0 Å². The second-order valence-corrected chi connectivity index (χ2v) is 7.55. The van der Waals surface area contributed by atoms with Gasteiger partial charge in [-0.05, 0) is 36.1 Å². The predicted octanol–water partition coefficient (Wildman–Crippen LogP) is 2.52. The van der Waals surface area contributed by atoms with Crippen molar-refractivity contribution < 1.29 is 17.9 Å². The second kappa shape index (κ2) is 4.83. The van der Waals surface area contributed by atoms with Crippen LogP contribution in [0.2, 0.25) is 0 Å². The van der Waals surface area contributed by atoms with Gasteiger partial charge in [-0.3, -0.25) is 4.31 Å². The van der Waals surface area contributed by atoms with E-state index in [0.717, 1.165) is 11.3 Å². The Bertz CT molecular complexity index is 728. The summed E-state index contributed by atoms with van der Waals surface area (Å²) in [6.45, 7) is 0.181. The Morgan fingerprint density at radius 1 is 1.35 bits per heavy atom. The van der Waals surface area contributed by atoms with Crippen LogP contribution >= 0.6 is 11.3 Å². The van der Waals surface area contributed by atoms with Crippen LogP contribution in [0.25, 0.3) is 0 Å². The van der Waals surface area contributed by atoms with Crippen LogP contribution in [0.1, 0.15) is 18.1 Å². The number of thiophene rings is 1. The first-order chi connectivity index (χ1) is 9.50. The molecule has 1 unspecified atom stereocenters. The van der Waals surface area contributed by atoms with Crippen LogP contribution in [0.4, 0.5) is 10.1 Å². The highest BCUT2D eigenvalue weighted by atomic mass is 32.2. The van der Waals surface area contributed by atoms with Crippen molar-refractivity contribution in [3.8, 4) is 0 Å². The van der Waals surface area contributed by atoms with E-state index in [1.165, 1.54) is 28.6 Å². The SMILES string of the molecule is O=S(=O)(c1cccs1)N1CCC(O)c2cc(F)ccc21. The van der Waals surface area contributed by atoms with Crippen molar-refractivity contribution in [1.29, 1.82) is 0 Å². The molecule has 106 valence electrons. The summed E-state index contributed by atoms with van der Waals surface area (Å²) in [6, 6.07) is 7.00. The van der Waals surface area contributed by atoms with Crippen molar-refractivity contribution in [2.75, 3.05) is 10.8 Å². The summed E-state index contributed by atoms with van der Waals surface area (Å²) in [6.07, 6.45) is -0.586. The quantitative estimate of drug-likeness (QED) is 0.927. The van der Waals surface area contributed by atoms with Gasteiger partial charge in [-0.25, -0.2) is 12.8 Å². The minimum absolute atomic E-state index is 0.181. The van der Waals surface area contributed by atoms with Gasteiger partial charge in [0, 0.05) is 12.1 Å². The van der Waals surface area contributed by atoms with Gasteiger partial charge in [-0.15, -0.1) is 11.3 Å². The zero-order chi connectivity index (χ0) is 14.3. The maximum absolute atomic E-state index is 13.3. The van der Waals surface area contributed by atoms with Gasteiger partial charge in [-0.2, -0.15) is 0 Å². The van der Waals surface area contributed by atoms with Gasteiger partial charge in [0.2, 0.25) is 0 Å². The van der Waals surface area contributed by atoms with E-state index < -0.39 is 21.9 Å². The Labute approximate surface area is 120 Å². The highest BCUT2D eigenvalue weighted by Crippen LogP contribution is 2.38. The Morgan fingerprint density at radius 3 is 2.85 bits per heavy atom. The molecule has 1 aliphatic heterocycles. The number of aliphatic hydroxyl groups excluding tert-OH is 1. The minimum Gasteiger partial charge on any atom is -0.388 e. The number of sulfonamides is 1. The molecule has 3 rings (SSSR count). The van der Waals surface area contributed by atoms with Crippen molar-refractivity contribution in [2.24, 2.45) is 0 Å². The molecule has 1 aromatic heterocycles. The molecule has 2 heterocycles. The van der Waals surface area contributed by atoms with Gasteiger partial charge in [0.25, 0.3) is 10.0 Å². The van der Waals surface area contributed by atoms with Gasteiger partial charge in [0.05, 0.1) is 11.8 Å². The molecule has 0 saturated carbocycles. The zero-order valence-electron chi connectivity index (χ0n) is 10.4. The minimum atomic E-state index is -3.65. The monoisotopic (exact) mass is 313 g/mol. The number of rotatable bonds is 2. The first kappa shape index (κ1) is 13.5. The third kappa shape index (κ3) is 2.11. The Morgan fingerprint density at radius 2 is 2.15 bits per heavy atom. The van der Waals surface area contributed by atoms with Crippen LogP contribution in [0.5, 0.6) is 0 Å². The molecule has 2 aromatic rings. The summed E-state index contributed by atoms with van der Waals surface area (Å²) in [5.74, 6) is -0.488. The van der Waals surface area contributed by atoms with Gasteiger partial charge in [-0.1, -0.05) is 6.07 Å². The Balaban J connectivity index is 2.12. The van der Waals surface area contributed by atoms with Crippen molar-refractivity contribution in [3.05, 3.63) is 47.1 Å². The highest BCUT2D eigenvalue weighted by Gasteiger charge is 2.33. The molecule has 0 radical (unpaired) electrons. The van der Waals surface area contributed by atoms with Crippen LogP contribution in [-0.2, 0) is 10.0 Å². The number of anilines is 1. The Hall–Kier alpha value is -1.44. The molecule has 1 aromatic carbocycles. The molecule has 1 aliphatic rings. The van der Waals surface area contributed by atoms with Crippen LogP contribution < -0.4 is 4.31 Å². The molecule has 0 amide bonds. The number of aliphatic hydroxyl groups is 1. The van der Waals surface area contributed by atoms with Gasteiger partial charge in [0.15, 0.2) is 0 Å². The van der Waals surface area contributed by atoms with Crippen LogP contribution in [-0.4, -0.2) is 20.1 Å². The molecule has 0 saturated heterocycles. The number of benzene rings is 1. The summed E-state index contributed by atoms with van der Waals surface area (Å²) >= 11 is 1.14. The molecular weight excluding hydrogens is 301 g/mol. The predicted molar refractivity (Wildman–Crippen MR) is 74.8 cm³/mol. The standard InChI is InChI=1S/C13H12FNO3S2/c14-9-3-4-11-10(8-9)12(16)5-6-15(11)20(17,18)13-2-1-7-19-13/h1-4,7-8,12,16H,5-6H2. The average Bonchev–Trinajstić information content (AvgIpc) is 2.94. The van der Waals surface area contributed by atoms with Crippen LogP contribution in [0, 0.1) is 5.82 Å². The number of hydrogen-bond donors (Lipinski definition) is 1. The first-order valence-electron chi connectivity index (χ1n) is 6.04. The topological polar surface area (TPSA) is 57.6 Å². The third-order valence-corrected chi connectivity index (χ3v) is 6.45. The third-order valence-electron chi connectivity index (χ3n) is 3.26. The van der Waals surface area contributed by atoms with Crippen molar-refractivity contribution in [3.63, 3.8) is 0 Å². The van der Waals surface area contributed by atoms with E-state index in [1.54, 1.807) is 11.4 Å². The maximum atomic E-state index is 13.3. The number of nitrogens with zero attached hydrogens (tertiary/aromatic N) is 1. The molecule has 7 heteroatoms. The maximum Gasteiger partial charge on any atom is 0.273 e. The lowest BCUT2D eigenvalue weighted by Crippen LogP contribution is -2.36. The lowest BCUT2D eigenvalue weighted by Gasteiger charge is -2.32. The first-order valence-corrected chi connectivity index (χ1v) is 8.36. The fourth-order valence-corrected chi connectivity index (χ4v) is 4.91. The lowest BCUT2D eigenvalue weighted by molar-refractivity contribution is 0.166. The lowest BCUT2D eigenvalue weighted by atomic mass is 10.0. The van der Waals surface area contributed by atoms with E-state index in [4.69, 9.17) is 0 Å². The second-order valence-electron chi connectivity index (χ2n) is 4.52. The molecule has 0 fully saturated rings. The van der Waals surface area contributed by atoms with Crippen molar-refractivity contribution in [2.45, 2.75) is 16.7 Å². The molecule has 1 N–H and O–H groups in total. The van der Waals surface area contributed by atoms with E-state index >= 15 is 0 Å². The normalized spacial score (nSPS) is 18.9. The number of halogens is 1. The molecule has 0 aliphatic carbocycles. The van der Waals surface area contributed by atoms with E-state index in [1.807, 2.05) is 0 Å². The van der Waals surface area contributed by atoms with Gasteiger partial charge >= 0.3 is 0 Å². The highest BCUT2D eigenvalue weighted by molar-refractivity contribution is 7.94. The number of hydrogen-bond acceptors (Lipinski definition) is 4. The number of fused-ring (bicyclic) bond motifs is 1. The summed E-state index contributed by atoms with van der Waals surface area (Å²) in [4.78, 5) is 0. The smallest absolute Gasteiger partial charge is 0.273 e. The molecule has 20 heavy (non-hydrogen) atoms. The van der Waals surface area contributed by atoms with Crippen molar-refractivity contribution >= 4 is 27.0 Å². The molecule has 0 bridgehead atoms. The van der Waals surface area contributed by atoms with Gasteiger partial charge < -0.3 is 5.11 Å². The zero-order valence-corrected chi connectivity index (χ0v) is 12.0. The molecule has 0 spiro atoms. The van der Waals surface area contributed by atoms with E-state index in [2.05, 4.69) is 0 Å². The van der Waals surface area contributed by atoms with E-state index in [-0.39, 0.29) is 17.2 Å². The summed E-state index contributed by atoms with van der Waals surface area (Å²) in [7, 11) is -3.65. The van der Waals surface area contributed by atoms with E-state index in [0.29, 0.717) is 11.3 Å². The van der Waals surface area contributed by atoms with Gasteiger partial charge in [0.1, 0.15) is 10.0 Å². The molecule has 4 nitrogen and oxygen atoms in total. The van der Waals surface area contributed by atoms with Crippen LogP contribution in [0.15, 0.2) is 39.9 Å². The fraction of sp³-hybridized carbons (Fsp3) is 0.231. The summed E-state index contributed by atoms with van der Waals surface area (Å²) in [5, 5.41) is 11.6. The average molecular weight is 313 g/mol. The largest absolute Gasteiger partial charge is 0.388 e. The molecular formula is C13H12FNO3S2. The summed E-state index contributed by atoms with van der Waals surface area (Å²) < 4.78 is 39.9. The Kier molecular flexibility index (Phi) is 3.27. The molecule has 1 atom stereocenters.